The third-order valence-corrected chi connectivity index (χ3v) is 5.16. The predicted octanol–water partition coefficient (Wildman–Crippen LogP) is 4.10. The van der Waals surface area contributed by atoms with Gasteiger partial charge in [-0.2, -0.15) is 0 Å². The molecule has 1 aromatic heterocycles. The maximum Gasteiger partial charge on any atom is 0.254 e. The molecule has 3 aromatic rings. The number of hydrogen-bond acceptors (Lipinski definition) is 5. The Morgan fingerprint density at radius 2 is 2.04 bits per heavy atom. The third kappa shape index (κ3) is 4.78. The fourth-order valence-electron chi connectivity index (χ4n) is 2.78. The monoisotopic (exact) mass is 394 g/mol. The van der Waals surface area contributed by atoms with Crippen molar-refractivity contribution in [2.24, 2.45) is 0 Å². The Hall–Kier alpha value is -3.12. The van der Waals surface area contributed by atoms with Crippen molar-refractivity contribution >= 4 is 28.9 Å². The number of aromatic nitrogens is 1. The van der Waals surface area contributed by atoms with Gasteiger partial charge in [0.2, 0.25) is 0 Å². The number of thiazole rings is 1. The van der Waals surface area contributed by atoms with Crippen molar-refractivity contribution in [3.63, 3.8) is 0 Å². The first kappa shape index (κ1) is 19.6. The van der Waals surface area contributed by atoms with E-state index in [1.54, 1.807) is 47.7 Å². The van der Waals surface area contributed by atoms with E-state index in [1.165, 1.54) is 7.11 Å². The minimum absolute atomic E-state index is 0.0628. The van der Waals surface area contributed by atoms with Gasteiger partial charge in [0, 0.05) is 37.2 Å². The number of phenolic OH excluding ortho intramolecular Hbond substituents is 1. The van der Waals surface area contributed by atoms with E-state index >= 15 is 0 Å². The van der Waals surface area contributed by atoms with E-state index in [-0.39, 0.29) is 11.7 Å². The van der Waals surface area contributed by atoms with Gasteiger partial charge < -0.3 is 14.7 Å². The summed E-state index contributed by atoms with van der Waals surface area (Å²) in [4.78, 5) is 19.2. The molecule has 0 aliphatic heterocycles. The number of ether oxygens (including phenoxy) is 1. The van der Waals surface area contributed by atoms with Crippen LogP contribution in [0.2, 0.25) is 0 Å². The summed E-state index contributed by atoms with van der Waals surface area (Å²) in [6.07, 6.45) is 4.31. The van der Waals surface area contributed by atoms with Crippen LogP contribution in [0.5, 0.6) is 11.5 Å². The molecule has 0 atom stereocenters. The van der Waals surface area contributed by atoms with Gasteiger partial charge in [0.1, 0.15) is 0 Å². The van der Waals surface area contributed by atoms with Gasteiger partial charge in [-0.15, -0.1) is 11.3 Å². The summed E-state index contributed by atoms with van der Waals surface area (Å²) in [5, 5.41) is 12.8. The second kappa shape index (κ2) is 9.19. The van der Waals surface area contributed by atoms with Gasteiger partial charge in [-0.1, -0.05) is 36.4 Å². The molecular weight excluding hydrogens is 372 g/mol. The lowest BCUT2D eigenvalue weighted by atomic mass is 10.0. The number of rotatable bonds is 7. The summed E-state index contributed by atoms with van der Waals surface area (Å²) in [6, 6.07) is 14.6. The smallest absolute Gasteiger partial charge is 0.254 e. The van der Waals surface area contributed by atoms with Gasteiger partial charge in [-0.3, -0.25) is 4.79 Å². The van der Waals surface area contributed by atoms with Gasteiger partial charge in [-0.25, -0.2) is 4.98 Å². The van der Waals surface area contributed by atoms with Crippen LogP contribution in [0, 0.1) is 0 Å². The number of hydrogen-bond donors (Lipinski definition) is 1. The van der Waals surface area contributed by atoms with E-state index in [4.69, 9.17) is 4.74 Å². The minimum Gasteiger partial charge on any atom is -0.504 e. The van der Waals surface area contributed by atoms with E-state index < -0.39 is 0 Å². The third-order valence-electron chi connectivity index (χ3n) is 4.32. The molecule has 5 nitrogen and oxygen atoms in total. The molecule has 144 valence electrons. The summed E-state index contributed by atoms with van der Waals surface area (Å²) < 4.78 is 5.18. The first-order valence-corrected chi connectivity index (χ1v) is 9.74. The lowest BCUT2D eigenvalue weighted by Gasteiger charge is -2.19. The Balaban J connectivity index is 1.89. The van der Waals surface area contributed by atoms with Crippen molar-refractivity contribution in [3.05, 3.63) is 76.2 Å². The SMILES string of the molecule is COc1cc(/C=C(/C(=O)N(C)CCc2nccs2)c2ccccc2)ccc1O. The molecule has 0 aliphatic carbocycles. The number of nitrogens with zero attached hydrogens (tertiary/aromatic N) is 2. The van der Waals surface area contributed by atoms with Gasteiger partial charge in [0.15, 0.2) is 11.5 Å². The molecule has 2 aromatic carbocycles. The van der Waals surface area contributed by atoms with Crippen LogP contribution in [0.25, 0.3) is 11.6 Å². The number of phenols is 1. The van der Waals surface area contributed by atoms with E-state index in [0.717, 1.165) is 22.6 Å². The maximum absolute atomic E-state index is 13.2. The molecular formula is C22H22N2O3S. The topological polar surface area (TPSA) is 62.7 Å². The van der Waals surface area contributed by atoms with Gasteiger partial charge in [-0.05, 0) is 29.3 Å². The molecule has 1 heterocycles. The zero-order valence-corrected chi connectivity index (χ0v) is 16.6. The van der Waals surface area contributed by atoms with E-state index in [0.29, 0.717) is 17.9 Å². The zero-order valence-electron chi connectivity index (χ0n) is 15.8. The van der Waals surface area contributed by atoms with Gasteiger partial charge in [0.25, 0.3) is 5.91 Å². The highest BCUT2D eigenvalue weighted by Crippen LogP contribution is 2.29. The summed E-state index contributed by atoms with van der Waals surface area (Å²) in [5.74, 6) is 0.355. The molecule has 0 unspecified atom stereocenters. The van der Waals surface area contributed by atoms with Crippen LogP contribution in [0.3, 0.4) is 0 Å². The molecule has 28 heavy (non-hydrogen) atoms. The number of likely N-dealkylation sites (N-methyl/N-ethyl adjacent to an activating group) is 1. The quantitative estimate of drug-likeness (QED) is 0.484. The Morgan fingerprint density at radius 1 is 1.25 bits per heavy atom. The second-order valence-electron chi connectivity index (χ2n) is 6.26. The number of carbonyl (C=O) groups excluding carboxylic acids is 1. The Bertz CT molecular complexity index is 953. The Labute approximate surface area is 168 Å². The molecule has 1 amide bonds. The van der Waals surface area contributed by atoms with Crippen LogP contribution >= 0.6 is 11.3 Å². The molecule has 0 saturated heterocycles. The summed E-state index contributed by atoms with van der Waals surface area (Å²) in [7, 11) is 3.29. The first-order valence-electron chi connectivity index (χ1n) is 8.86. The largest absolute Gasteiger partial charge is 0.504 e. The maximum atomic E-state index is 13.2. The first-order chi connectivity index (χ1) is 13.6. The standard InChI is InChI=1S/C22H22N2O3S/c1-24(12-10-21-23-11-13-28-21)22(26)18(17-6-4-3-5-7-17)14-16-8-9-19(25)20(15-16)27-2/h3-9,11,13-15,25H,10,12H2,1-2H3/b18-14+. The fraction of sp³-hybridized carbons (Fsp3) is 0.182. The molecule has 1 N–H and O–H groups in total. The highest BCUT2D eigenvalue weighted by molar-refractivity contribution is 7.09. The highest BCUT2D eigenvalue weighted by Gasteiger charge is 2.17. The molecule has 0 spiro atoms. The average molecular weight is 394 g/mol. The molecule has 3 rings (SSSR count). The van der Waals surface area contributed by atoms with Crippen LogP contribution in [-0.4, -0.2) is 41.6 Å². The van der Waals surface area contributed by atoms with Crippen molar-refractivity contribution in [3.8, 4) is 11.5 Å². The Kier molecular flexibility index (Phi) is 6.45. The lowest BCUT2D eigenvalue weighted by Crippen LogP contribution is -2.29. The van der Waals surface area contributed by atoms with Crippen molar-refractivity contribution in [1.82, 2.24) is 9.88 Å². The van der Waals surface area contributed by atoms with Crippen LogP contribution in [0.15, 0.2) is 60.1 Å². The van der Waals surface area contributed by atoms with Crippen LogP contribution in [-0.2, 0) is 11.2 Å². The van der Waals surface area contributed by atoms with Crippen molar-refractivity contribution < 1.29 is 14.6 Å². The molecule has 0 fully saturated rings. The van der Waals surface area contributed by atoms with Gasteiger partial charge in [0.05, 0.1) is 12.1 Å². The van der Waals surface area contributed by atoms with Gasteiger partial charge >= 0.3 is 0 Å². The summed E-state index contributed by atoms with van der Waals surface area (Å²) >= 11 is 1.59. The molecule has 6 heteroatoms. The highest BCUT2D eigenvalue weighted by atomic mass is 32.1. The number of amides is 1. The fourth-order valence-corrected chi connectivity index (χ4v) is 3.39. The second-order valence-corrected chi connectivity index (χ2v) is 7.24. The number of aromatic hydroxyl groups is 1. The molecule has 0 bridgehead atoms. The summed E-state index contributed by atoms with van der Waals surface area (Å²) in [5.41, 5.74) is 2.19. The van der Waals surface area contributed by atoms with Crippen molar-refractivity contribution in [2.75, 3.05) is 20.7 Å². The van der Waals surface area contributed by atoms with Crippen molar-refractivity contribution in [1.29, 1.82) is 0 Å². The zero-order chi connectivity index (χ0) is 19.9. The van der Waals surface area contributed by atoms with E-state index in [9.17, 15) is 9.90 Å². The number of carbonyl (C=O) groups is 1. The molecule has 0 saturated carbocycles. The van der Waals surface area contributed by atoms with Crippen LogP contribution in [0.1, 0.15) is 16.1 Å². The summed E-state index contributed by atoms with van der Waals surface area (Å²) in [6.45, 7) is 0.579. The van der Waals surface area contributed by atoms with Crippen molar-refractivity contribution in [2.45, 2.75) is 6.42 Å². The number of methoxy groups -OCH3 is 1. The minimum atomic E-state index is -0.0743. The lowest BCUT2D eigenvalue weighted by molar-refractivity contribution is -0.123. The number of benzene rings is 2. The molecule has 0 radical (unpaired) electrons. The van der Waals surface area contributed by atoms with Crippen LogP contribution in [0.4, 0.5) is 0 Å². The normalized spacial score (nSPS) is 11.3. The van der Waals surface area contributed by atoms with E-state index in [2.05, 4.69) is 4.98 Å². The van der Waals surface area contributed by atoms with E-state index in [1.807, 2.05) is 41.8 Å². The Morgan fingerprint density at radius 3 is 2.71 bits per heavy atom. The predicted molar refractivity (Wildman–Crippen MR) is 112 cm³/mol. The molecule has 0 aliphatic rings. The average Bonchev–Trinajstić information content (AvgIpc) is 3.25. The van der Waals surface area contributed by atoms with Crippen LogP contribution < -0.4 is 4.74 Å².